The van der Waals surface area contributed by atoms with Crippen LogP contribution in [0.3, 0.4) is 0 Å². The van der Waals surface area contributed by atoms with Gasteiger partial charge in [0.1, 0.15) is 5.75 Å². The summed E-state index contributed by atoms with van der Waals surface area (Å²) in [5.41, 5.74) is 2.78. The van der Waals surface area contributed by atoms with Gasteiger partial charge in [0.05, 0.1) is 19.8 Å². The van der Waals surface area contributed by atoms with E-state index >= 15 is 0 Å². The van der Waals surface area contributed by atoms with Crippen LogP contribution in [0.25, 0.3) is 0 Å². The molecule has 0 amide bonds. The fraction of sp³-hybridized carbons (Fsp3) is 0.625. The van der Waals surface area contributed by atoms with Crippen LogP contribution >= 0.6 is 0 Å². The Morgan fingerprint density at radius 3 is 2.74 bits per heavy atom. The highest BCUT2D eigenvalue weighted by molar-refractivity contribution is 5.34. The standard InChI is InChI=1S/C16H25NO2/c1-3-19-16-7-6-15(14(2)13-16)5-4-8-17-9-11-18-12-10-17/h6-7,13H,3-5,8-12H2,1-2H3. The topological polar surface area (TPSA) is 21.7 Å². The van der Waals surface area contributed by atoms with E-state index in [1.165, 1.54) is 24.1 Å². The summed E-state index contributed by atoms with van der Waals surface area (Å²) in [7, 11) is 0. The van der Waals surface area contributed by atoms with Crippen molar-refractivity contribution >= 4 is 0 Å². The molecule has 0 spiro atoms. The zero-order chi connectivity index (χ0) is 13.5. The van der Waals surface area contributed by atoms with Gasteiger partial charge in [-0.25, -0.2) is 0 Å². The first-order valence-electron chi connectivity index (χ1n) is 7.32. The summed E-state index contributed by atoms with van der Waals surface area (Å²) in [5.74, 6) is 0.983. The van der Waals surface area contributed by atoms with Crippen molar-refractivity contribution in [3.8, 4) is 5.75 Å². The zero-order valence-electron chi connectivity index (χ0n) is 12.2. The second-order valence-electron chi connectivity index (χ2n) is 5.08. The highest BCUT2D eigenvalue weighted by atomic mass is 16.5. The lowest BCUT2D eigenvalue weighted by Gasteiger charge is -2.26. The molecule has 0 radical (unpaired) electrons. The number of rotatable bonds is 6. The van der Waals surface area contributed by atoms with Gasteiger partial charge >= 0.3 is 0 Å². The average molecular weight is 263 g/mol. The number of benzene rings is 1. The highest BCUT2D eigenvalue weighted by Gasteiger charge is 2.09. The van der Waals surface area contributed by atoms with Gasteiger partial charge in [0.2, 0.25) is 0 Å². The van der Waals surface area contributed by atoms with Gasteiger partial charge in [-0.3, -0.25) is 4.90 Å². The first-order valence-corrected chi connectivity index (χ1v) is 7.32. The van der Waals surface area contributed by atoms with E-state index in [4.69, 9.17) is 9.47 Å². The summed E-state index contributed by atoms with van der Waals surface area (Å²) in [4.78, 5) is 2.49. The van der Waals surface area contributed by atoms with Gasteiger partial charge in [0.25, 0.3) is 0 Å². The summed E-state index contributed by atoms with van der Waals surface area (Å²) < 4.78 is 10.9. The molecule has 1 fully saturated rings. The minimum atomic E-state index is 0.732. The Hall–Kier alpha value is -1.06. The van der Waals surface area contributed by atoms with Crippen LogP contribution in [0.15, 0.2) is 18.2 Å². The summed E-state index contributed by atoms with van der Waals surface area (Å²) in [6.45, 7) is 10.1. The lowest BCUT2D eigenvalue weighted by atomic mass is 10.0. The molecule has 1 aromatic carbocycles. The third-order valence-electron chi connectivity index (χ3n) is 3.65. The molecule has 0 atom stereocenters. The molecule has 19 heavy (non-hydrogen) atoms. The molecule has 1 aliphatic rings. The maximum Gasteiger partial charge on any atom is 0.119 e. The quantitative estimate of drug-likeness (QED) is 0.787. The van der Waals surface area contributed by atoms with E-state index in [0.29, 0.717) is 0 Å². The van der Waals surface area contributed by atoms with Crippen molar-refractivity contribution in [2.45, 2.75) is 26.7 Å². The predicted molar refractivity (Wildman–Crippen MR) is 77.9 cm³/mol. The Labute approximate surface area is 116 Å². The minimum Gasteiger partial charge on any atom is -0.494 e. The summed E-state index contributed by atoms with van der Waals surface area (Å²) in [6.07, 6.45) is 2.37. The lowest BCUT2D eigenvalue weighted by molar-refractivity contribution is 0.0374. The summed E-state index contributed by atoms with van der Waals surface area (Å²) in [5, 5.41) is 0. The van der Waals surface area contributed by atoms with E-state index in [1.54, 1.807) is 0 Å². The van der Waals surface area contributed by atoms with Crippen molar-refractivity contribution < 1.29 is 9.47 Å². The molecule has 0 aliphatic carbocycles. The average Bonchev–Trinajstić information content (AvgIpc) is 2.43. The van der Waals surface area contributed by atoms with Crippen molar-refractivity contribution in [2.75, 3.05) is 39.5 Å². The molecule has 0 bridgehead atoms. The van der Waals surface area contributed by atoms with E-state index < -0.39 is 0 Å². The SMILES string of the molecule is CCOc1ccc(CCCN2CCOCC2)c(C)c1. The molecule has 2 rings (SSSR count). The van der Waals surface area contributed by atoms with Crippen LogP contribution in [0, 0.1) is 6.92 Å². The fourth-order valence-electron chi connectivity index (χ4n) is 2.52. The molecule has 1 aliphatic heterocycles. The second kappa shape index (κ2) is 7.51. The van der Waals surface area contributed by atoms with Crippen molar-refractivity contribution in [2.24, 2.45) is 0 Å². The van der Waals surface area contributed by atoms with Gasteiger partial charge in [0, 0.05) is 13.1 Å². The van der Waals surface area contributed by atoms with E-state index in [9.17, 15) is 0 Å². The van der Waals surface area contributed by atoms with Crippen LogP contribution in [-0.4, -0.2) is 44.4 Å². The number of hydrogen-bond donors (Lipinski definition) is 0. The van der Waals surface area contributed by atoms with E-state index in [-0.39, 0.29) is 0 Å². The fourth-order valence-corrected chi connectivity index (χ4v) is 2.52. The molecular weight excluding hydrogens is 238 g/mol. The first-order chi connectivity index (χ1) is 9.29. The summed E-state index contributed by atoms with van der Waals surface area (Å²) in [6, 6.07) is 6.44. The molecule has 0 saturated carbocycles. The second-order valence-corrected chi connectivity index (χ2v) is 5.08. The number of hydrogen-bond acceptors (Lipinski definition) is 3. The monoisotopic (exact) mass is 263 g/mol. The molecule has 0 N–H and O–H groups in total. The van der Waals surface area contributed by atoms with Crippen LogP contribution < -0.4 is 4.74 Å². The molecule has 0 aromatic heterocycles. The molecule has 0 unspecified atom stereocenters. The van der Waals surface area contributed by atoms with E-state index in [0.717, 1.165) is 45.1 Å². The Kier molecular flexibility index (Phi) is 5.67. The number of morpholine rings is 1. The molecule has 3 heteroatoms. The summed E-state index contributed by atoms with van der Waals surface area (Å²) >= 11 is 0. The Bertz CT molecular complexity index is 386. The minimum absolute atomic E-state index is 0.732. The molecule has 1 saturated heterocycles. The van der Waals surface area contributed by atoms with Gasteiger partial charge in [-0.15, -0.1) is 0 Å². The van der Waals surface area contributed by atoms with E-state index in [1.807, 2.05) is 6.92 Å². The molecular formula is C16H25NO2. The highest BCUT2D eigenvalue weighted by Crippen LogP contribution is 2.18. The maximum absolute atomic E-state index is 5.52. The first kappa shape index (κ1) is 14.4. The predicted octanol–water partition coefficient (Wildman–Crippen LogP) is 2.66. The van der Waals surface area contributed by atoms with Gasteiger partial charge < -0.3 is 9.47 Å². The number of aryl methyl sites for hydroxylation is 2. The zero-order valence-corrected chi connectivity index (χ0v) is 12.2. The number of ether oxygens (including phenoxy) is 2. The van der Waals surface area contributed by atoms with Crippen molar-refractivity contribution in [1.29, 1.82) is 0 Å². The van der Waals surface area contributed by atoms with Crippen molar-refractivity contribution in [3.63, 3.8) is 0 Å². The molecule has 1 heterocycles. The third kappa shape index (κ3) is 4.51. The molecule has 106 valence electrons. The number of nitrogens with zero attached hydrogens (tertiary/aromatic N) is 1. The van der Waals surface area contributed by atoms with Crippen LogP contribution in [0.5, 0.6) is 5.75 Å². The normalized spacial score (nSPS) is 16.5. The lowest BCUT2D eigenvalue weighted by Crippen LogP contribution is -2.36. The Balaban J connectivity index is 1.78. The smallest absolute Gasteiger partial charge is 0.119 e. The van der Waals surface area contributed by atoms with Crippen LogP contribution in [-0.2, 0) is 11.2 Å². The Morgan fingerprint density at radius 2 is 2.05 bits per heavy atom. The largest absolute Gasteiger partial charge is 0.494 e. The van der Waals surface area contributed by atoms with E-state index in [2.05, 4.69) is 30.0 Å². The maximum atomic E-state index is 5.52. The molecule has 3 nitrogen and oxygen atoms in total. The Morgan fingerprint density at radius 1 is 1.26 bits per heavy atom. The third-order valence-corrected chi connectivity index (χ3v) is 3.65. The van der Waals surface area contributed by atoms with Crippen LogP contribution in [0.4, 0.5) is 0 Å². The van der Waals surface area contributed by atoms with Gasteiger partial charge in [-0.1, -0.05) is 6.07 Å². The van der Waals surface area contributed by atoms with Crippen molar-refractivity contribution in [3.05, 3.63) is 29.3 Å². The van der Waals surface area contributed by atoms with Gasteiger partial charge in [0.15, 0.2) is 0 Å². The van der Waals surface area contributed by atoms with Gasteiger partial charge in [-0.2, -0.15) is 0 Å². The van der Waals surface area contributed by atoms with Crippen molar-refractivity contribution in [1.82, 2.24) is 4.90 Å². The van der Waals surface area contributed by atoms with Crippen LogP contribution in [0.2, 0.25) is 0 Å². The van der Waals surface area contributed by atoms with Crippen LogP contribution in [0.1, 0.15) is 24.5 Å². The van der Waals surface area contributed by atoms with Gasteiger partial charge in [-0.05, 0) is 56.5 Å². The molecule has 1 aromatic rings.